The Hall–Kier alpha value is -2.40. The number of thioether (sulfide) groups is 1. The molecule has 1 amide bonds. The summed E-state index contributed by atoms with van der Waals surface area (Å²) >= 11 is 1.71. The molecule has 4 nitrogen and oxygen atoms in total. The van der Waals surface area contributed by atoms with Crippen molar-refractivity contribution in [1.82, 2.24) is 4.90 Å². The molecule has 1 saturated heterocycles. The first kappa shape index (κ1) is 19.4. The summed E-state index contributed by atoms with van der Waals surface area (Å²) in [6, 6.07) is 16.3. The summed E-state index contributed by atoms with van der Waals surface area (Å²) in [4.78, 5) is 17.9. The zero-order valence-electron chi connectivity index (χ0n) is 15.9. The van der Waals surface area contributed by atoms with Crippen molar-refractivity contribution in [2.24, 2.45) is 0 Å². The van der Waals surface area contributed by atoms with Gasteiger partial charge in [-0.15, -0.1) is 11.8 Å². The first-order chi connectivity index (χ1) is 13.2. The van der Waals surface area contributed by atoms with Crippen LogP contribution in [-0.2, 0) is 4.79 Å². The molecule has 27 heavy (non-hydrogen) atoms. The van der Waals surface area contributed by atoms with Gasteiger partial charge in [-0.05, 0) is 49.1 Å². The fourth-order valence-corrected chi connectivity index (χ4v) is 3.56. The molecule has 0 aromatic heterocycles. The van der Waals surface area contributed by atoms with Gasteiger partial charge in [-0.2, -0.15) is 0 Å². The molecule has 1 fully saturated rings. The van der Waals surface area contributed by atoms with Gasteiger partial charge in [-0.1, -0.05) is 24.3 Å². The highest BCUT2D eigenvalue weighted by atomic mass is 32.2. The largest absolute Gasteiger partial charge is 0.492 e. The highest BCUT2D eigenvalue weighted by Crippen LogP contribution is 2.28. The van der Waals surface area contributed by atoms with Gasteiger partial charge in [0.15, 0.2) is 0 Å². The van der Waals surface area contributed by atoms with E-state index in [4.69, 9.17) is 4.74 Å². The number of hydrogen-bond donors (Lipinski definition) is 0. The number of anilines is 1. The zero-order valence-corrected chi connectivity index (χ0v) is 16.7. The summed E-state index contributed by atoms with van der Waals surface area (Å²) in [7, 11) is 0. The van der Waals surface area contributed by atoms with Gasteiger partial charge in [0, 0.05) is 37.2 Å². The van der Waals surface area contributed by atoms with E-state index in [1.54, 1.807) is 17.8 Å². The van der Waals surface area contributed by atoms with Crippen molar-refractivity contribution in [3.8, 4) is 5.75 Å². The lowest BCUT2D eigenvalue weighted by molar-refractivity contribution is -0.126. The maximum Gasteiger partial charge on any atom is 0.246 e. The lowest BCUT2D eigenvalue weighted by Gasteiger charge is -2.36. The SMILES string of the molecule is CCOc1ccccc1N1CCN(C(=O)/C=C/c2ccc(SC)cc2)CC1. The van der Waals surface area contributed by atoms with Gasteiger partial charge >= 0.3 is 0 Å². The summed E-state index contributed by atoms with van der Waals surface area (Å²) in [5.74, 6) is 0.982. The minimum atomic E-state index is 0.0710. The number of benzene rings is 2. The molecule has 0 atom stereocenters. The van der Waals surface area contributed by atoms with Gasteiger partial charge < -0.3 is 14.5 Å². The Morgan fingerprint density at radius 1 is 1.07 bits per heavy atom. The second-order valence-corrected chi connectivity index (χ2v) is 7.20. The van der Waals surface area contributed by atoms with E-state index in [1.807, 2.05) is 48.2 Å². The third-order valence-electron chi connectivity index (χ3n) is 4.63. The van der Waals surface area contributed by atoms with Gasteiger partial charge in [0.1, 0.15) is 5.75 Å². The molecular formula is C22H26N2O2S. The quantitative estimate of drug-likeness (QED) is 0.555. The molecule has 5 heteroatoms. The van der Waals surface area contributed by atoms with Crippen molar-refractivity contribution in [1.29, 1.82) is 0 Å². The van der Waals surface area contributed by atoms with Crippen LogP contribution in [0.3, 0.4) is 0 Å². The summed E-state index contributed by atoms with van der Waals surface area (Å²) in [6.45, 7) is 5.70. The first-order valence-corrected chi connectivity index (χ1v) is 10.5. The maximum atomic E-state index is 12.5. The van der Waals surface area contributed by atoms with Crippen molar-refractivity contribution in [2.45, 2.75) is 11.8 Å². The highest BCUT2D eigenvalue weighted by molar-refractivity contribution is 7.98. The molecule has 0 bridgehead atoms. The molecule has 0 saturated carbocycles. The third-order valence-corrected chi connectivity index (χ3v) is 5.37. The number of piperazine rings is 1. The van der Waals surface area contributed by atoms with E-state index in [1.165, 1.54) is 4.90 Å². The van der Waals surface area contributed by atoms with Crippen molar-refractivity contribution in [2.75, 3.05) is 43.9 Å². The average molecular weight is 383 g/mol. The Morgan fingerprint density at radius 2 is 1.78 bits per heavy atom. The Kier molecular flexibility index (Phi) is 6.82. The molecule has 0 spiro atoms. The fraction of sp³-hybridized carbons (Fsp3) is 0.318. The van der Waals surface area contributed by atoms with Gasteiger partial charge in [0.2, 0.25) is 5.91 Å². The molecule has 0 aliphatic carbocycles. The molecule has 1 aliphatic rings. The van der Waals surface area contributed by atoms with Crippen molar-refractivity contribution < 1.29 is 9.53 Å². The monoisotopic (exact) mass is 382 g/mol. The van der Waals surface area contributed by atoms with E-state index in [0.29, 0.717) is 6.61 Å². The lowest BCUT2D eigenvalue weighted by atomic mass is 10.2. The molecule has 1 heterocycles. The van der Waals surface area contributed by atoms with E-state index in [0.717, 1.165) is 43.2 Å². The molecule has 2 aromatic rings. The topological polar surface area (TPSA) is 32.8 Å². The summed E-state index contributed by atoms with van der Waals surface area (Å²) < 4.78 is 5.73. The Bertz CT molecular complexity index is 781. The van der Waals surface area contributed by atoms with Gasteiger partial charge in [-0.3, -0.25) is 4.79 Å². The zero-order chi connectivity index (χ0) is 19.1. The number of carbonyl (C=O) groups is 1. The molecular weight excluding hydrogens is 356 g/mol. The van der Waals surface area contributed by atoms with E-state index in [-0.39, 0.29) is 5.91 Å². The van der Waals surface area contributed by atoms with Crippen LogP contribution < -0.4 is 9.64 Å². The van der Waals surface area contributed by atoms with Crippen LogP contribution in [0.5, 0.6) is 5.75 Å². The van der Waals surface area contributed by atoms with E-state index in [2.05, 4.69) is 29.4 Å². The molecule has 2 aromatic carbocycles. The average Bonchev–Trinajstić information content (AvgIpc) is 2.73. The fourth-order valence-electron chi connectivity index (χ4n) is 3.15. The summed E-state index contributed by atoms with van der Waals surface area (Å²) in [5, 5.41) is 0. The normalized spacial score (nSPS) is 14.6. The minimum absolute atomic E-state index is 0.0710. The summed E-state index contributed by atoms with van der Waals surface area (Å²) in [6.07, 6.45) is 5.63. The van der Waals surface area contributed by atoms with Crippen molar-refractivity contribution >= 4 is 29.4 Å². The second kappa shape index (κ2) is 9.51. The van der Waals surface area contributed by atoms with E-state index < -0.39 is 0 Å². The summed E-state index contributed by atoms with van der Waals surface area (Å²) in [5.41, 5.74) is 2.15. The van der Waals surface area contributed by atoms with E-state index >= 15 is 0 Å². The molecule has 0 radical (unpaired) electrons. The van der Waals surface area contributed by atoms with Crippen LogP contribution in [0.4, 0.5) is 5.69 Å². The Balaban J connectivity index is 1.57. The number of nitrogens with zero attached hydrogens (tertiary/aromatic N) is 2. The molecule has 0 N–H and O–H groups in total. The van der Waals surface area contributed by atoms with Crippen LogP contribution in [0.25, 0.3) is 6.08 Å². The molecule has 0 unspecified atom stereocenters. The van der Waals surface area contributed by atoms with Crippen LogP contribution in [0.15, 0.2) is 59.5 Å². The number of carbonyl (C=O) groups excluding carboxylic acids is 1. The van der Waals surface area contributed by atoms with Crippen LogP contribution in [0.1, 0.15) is 12.5 Å². The van der Waals surface area contributed by atoms with Gasteiger partial charge in [0.25, 0.3) is 0 Å². The lowest BCUT2D eigenvalue weighted by Crippen LogP contribution is -2.48. The second-order valence-electron chi connectivity index (χ2n) is 6.32. The van der Waals surface area contributed by atoms with Crippen molar-refractivity contribution in [3.63, 3.8) is 0 Å². The first-order valence-electron chi connectivity index (χ1n) is 9.29. The van der Waals surface area contributed by atoms with Crippen molar-refractivity contribution in [3.05, 3.63) is 60.2 Å². The molecule has 3 rings (SSSR count). The number of ether oxygens (including phenoxy) is 1. The number of amides is 1. The highest BCUT2D eigenvalue weighted by Gasteiger charge is 2.21. The number of hydrogen-bond acceptors (Lipinski definition) is 4. The molecule has 142 valence electrons. The van der Waals surface area contributed by atoms with Crippen LogP contribution in [-0.4, -0.2) is 49.8 Å². The Morgan fingerprint density at radius 3 is 2.44 bits per heavy atom. The minimum Gasteiger partial charge on any atom is -0.492 e. The molecule has 1 aliphatic heterocycles. The van der Waals surface area contributed by atoms with E-state index in [9.17, 15) is 4.79 Å². The third kappa shape index (κ3) is 5.07. The predicted molar refractivity (Wildman–Crippen MR) is 114 cm³/mol. The number of rotatable bonds is 6. The van der Waals surface area contributed by atoms with Crippen LogP contribution >= 0.6 is 11.8 Å². The standard InChI is InChI=1S/C22H26N2O2S/c1-3-26-21-7-5-4-6-20(21)23-14-16-24(17-15-23)22(25)13-10-18-8-11-19(27-2)12-9-18/h4-13H,3,14-17H2,1-2H3/b13-10+. The van der Waals surface area contributed by atoms with Crippen LogP contribution in [0.2, 0.25) is 0 Å². The van der Waals surface area contributed by atoms with Crippen LogP contribution in [0, 0.1) is 0 Å². The smallest absolute Gasteiger partial charge is 0.246 e. The number of para-hydroxylation sites is 2. The predicted octanol–water partition coefficient (Wildman–Crippen LogP) is 4.17. The Labute approximate surface area is 165 Å². The van der Waals surface area contributed by atoms with Gasteiger partial charge in [0.05, 0.1) is 12.3 Å². The maximum absolute atomic E-state index is 12.5. The van der Waals surface area contributed by atoms with Gasteiger partial charge in [-0.25, -0.2) is 0 Å².